The molecule has 0 heterocycles. The molecule has 1 rings (SSSR count). The van der Waals surface area contributed by atoms with Gasteiger partial charge in [0, 0.05) is 6.07 Å². The van der Waals surface area contributed by atoms with Gasteiger partial charge in [-0.15, -0.1) is 0 Å². The molecular weight excluding hydrogens is 244 g/mol. The Kier molecular flexibility index (Phi) is 5.21. The van der Waals surface area contributed by atoms with E-state index in [0.717, 1.165) is 5.56 Å². The molecule has 0 atom stereocenters. The van der Waals surface area contributed by atoms with Gasteiger partial charge in [-0.05, 0) is 46.2 Å². The zero-order valence-electron chi connectivity index (χ0n) is 12.4. The molecule has 0 aliphatic carbocycles. The molecule has 0 N–H and O–H groups in total. The van der Waals surface area contributed by atoms with Gasteiger partial charge in [0.1, 0.15) is 17.1 Å². The second kappa shape index (κ2) is 6.45. The second-order valence-corrected chi connectivity index (χ2v) is 4.94. The molecule has 4 heteroatoms. The maximum Gasteiger partial charge on any atom is 0.341 e. The summed E-state index contributed by atoms with van der Waals surface area (Å²) >= 11 is 0. The molecule has 0 saturated carbocycles. The Hall–Kier alpha value is -1.71. The van der Waals surface area contributed by atoms with Crippen molar-refractivity contribution in [3.05, 3.63) is 23.3 Å². The van der Waals surface area contributed by atoms with Crippen LogP contribution in [0.5, 0.6) is 11.5 Å². The van der Waals surface area contributed by atoms with E-state index in [1.165, 1.54) is 7.11 Å². The van der Waals surface area contributed by atoms with Crippen molar-refractivity contribution < 1.29 is 19.0 Å². The molecular formula is C15H22O4. The minimum atomic E-state index is -0.399. The van der Waals surface area contributed by atoms with Crippen molar-refractivity contribution in [1.29, 1.82) is 0 Å². The summed E-state index contributed by atoms with van der Waals surface area (Å²) in [6, 6.07) is 3.55. The Morgan fingerprint density at radius 3 is 2.11 bits per heavy atom. The Labute approximate surface area is 114 Å². The van der Waals surface area contributed by atoms with Crippen molar-refractivity contribution in [2.24, 2.45) is 0 Å². The number of esters is 1. The zero-order valence-corrected chi connectivity index (χ0v) is 12.4. The van der Waals surface area contributed by atoms with E-state index in [-0.39, 0.29) is 12.2 Å². The second-order valence-electron chi connectivity index (χ2n) is 4.94. The summed E-state index contributed by atoms with van der Waals surface area (Å²) in [6.45, 7) is 9.56. The molecule has 0 unspecified atom stereocenters. The van der Waals surface area contributed by atoms with E-state index in [1.54, 1.807) is 6.07 Å². The first kappa shape index (κ1) is 15.3. The lowest BCUT2D eigenvalue weighted by molar-refractivity contribution is 0.0593. The van der Waals surface area contributed by atoms with E-state index in [9.17, 15) is 4.79 Å². The van der Waals surface area contributed by atoms with Crippen molar-refractivity contribution in [1.82, 2.24) is 0 Å². The summed E-state index contributed by atoms with van der Waals surface area (Å²) in [7, 11) is 1.36. The molecule has 0 radical (unpaired) electrons. The van der Waals surface area contributed by atoms with Crippen LogP contribution < -0.4 is 9.47 Å². The van der Waals surface area contributed by atoms with Crippen molar-refractivity contribution in [3.63, 3.8) is 0 Å². The lowest BCUT2D eigenvalue weighted by Gasteiger charge is -2.18. The van der Waals surface area contributed by atoms with Crippen LogP contribution in [0.4, 0.5) is 0 Å². The number of carbonyl (C=O) groups excluding carboxylic acids is 1. The molecule has 0 bridgehead atoms. The lowest BCUT2D eigenvalue weighted by Crippen LogP contribution is -2.13. The quantitative estimate of drug-likeness (QED) is 0.767. The monoisotopic (exact) mass is 266 g/mol. The number of benzene rings is 1. The molecule has 19 heavy (non-hydrogen) atoms. The number of aryl methyl sites for hydroxylation is 1. The van der Waals surface area contributed by atoms with E-state index in [2.05, 4.69) is 0 Å². The minimum absolute atomic E-state index is 0.0305. The normalized spacial score (nSPS) is 10.7. The van der Waals surface area contributed by atoms with Gasteiger partial charge >= 0.3 is 5.97 Å². The third-order valence-corrected chi connectivity index (χ3v) is 2.40. The number of hydrogen-bond donors (Lipinski definition) is 0. The molecule has 0 saturated heterocycles. The molecule has 0 aliphatic rings. The highest BCUT2D eigenvalue weighted by Gasteiger charge is 2.19. The average molecular weight is 266 g/mol. The number of methoxy groups -OCH3 is 1. The topological polar surface area (TPSA) is 44.8 Å². The smallest absolute Gasteiger partial charge is 0.341 e. The predicted octanol–water partition coefficient (Wildman–Crippen LogP) is 3.36. The molecule has 106 valence electrons. The fraction of sp³-hybridized carbons (Fsp3) is 0.533. The van der Waals surface area contributed by atoms with Crippen LogP contribution in [0.2, 0.25) is 0 Å². The summed E-state index contributed by atoms with van der Waals surface area (Å²) in [5, 5.41) is 0. The van der Waals surface area contributed by atoms with Crippen LogP contribution in [0.3, 0.4) is 0 Å². The number of carbonyl (C=O) groups is 1. The highest BCUT2D eigenvalue weighted by atomic mass is 16.5. The number of hydrogen-bond acceptors (Lipinski definition) is 4. The molecule has 0 fully saturated rings. The Morgan fingerprint density at radius 1 is 1.05 bits per heavy atom. The molecule has 4 nitrogen and oxygen atoms in total. The maximum atomic E-state index is 11.8. The van der Waals surface area contributed by atoms with E-state index < -0.39 is 5.97 Å². The van der Waals surface area contributed by atoms with Crippen LogP contribution in [0.1, 0.15) is 43.6 Å². The van der Waals surface area contributed by atoms with Gasteiger partial charge in [0.05, 0.1) is 19.3 Å². The fourth-order valence-electron chi connectivity index (χ4n) is 1.77. The molecule has 0 amide bonds. The summed E-state index contributed by atoms with van der Waals surface area (Å²) in [5.41, 5.74) is 1.23. The third kappa shape index (κ3) is 4.16. The van der Waals surface area contributed by atoms with Crippen LogP contribution in [0.25, 0.3) is 0 Å². The van der Waals surface area contributed by atoms with E-state index in [0.29, 0.717) is 17.1 Å². The van der Waals surface area contributed by atoms with Gasteiger partial charge in [0.15, 0.2) is 0 Å². The van der Waals surface area contributed by atoms with Crippen LogP contribution in [0, 0.1) is 6.92 Å². The molecule has 0 spiro atoms. The Balaban J connectivity index is 3.25. The van der Waals surface area contributed by atoms with Crippen molar-refractivity contribution in [2.45, 2.75) is 46.8 Å². The van der Waals surface area contributed by atoms with Gasteiger partial charge in [-0.25, -0.2) is 4.79 Å². The van der Waals surface area contributed by atoms with Crippen molar-refractivity contribution >= 4 is 5.97 Å². The summed E-state index contributed by atoms with van der Waals surface area (Å²) < 4.78 is 16.1. The van der Waals surface area contributed by atoms with Gasteiger partial charge in [0.2, 0.25) is 0 Å². The van der Waals surface area contributed by atoms with E-state index in [4.69, 9.17) is 14.2 Å². The van der Waals surface area contributed by atoms with Crippen LogP contribution in [-0.4, -0.2) is 25.3 Å². The Morgan fingerprint density at radius 2 is 1.63 bits per heavy atom. The molecule has 0 aliphatic heterocycles. The van der Waals surface area contributed by atoms with Crippen LogP contribution in [0.15, 0.2) is 12.1 Å². The first-order valence-corrected chi connectivity index (χ1v) is 6.41. The van der Waals surface area contributed by atoms with E-state index in [1.807, 2.05) is 40.7 Å². The minimum Gasteiger partial charge on any atom is -0.491 e. The molecule has 1 aromatic rings. The Bertz CT molecular complexity index is 450. The van der Waals surface area contributed by atoms with Crippen molar-refractivity contribution in [3.8, 4) is 11.5 Å². The van der Waals surface area contributed by atoms with Gasteiger partial charge in [-0.2, -0.15) is 0 Å². The average Bonchev–Trinajstić information content (AvgIpc) is 2.25. The van der Waals surface area contributed by atoms with Gasteiger partial charge in [-0.3, -0.25) is 0 Å². The molecule has 1 aromatic carbocycles. The van der Waals surface area contributed by atoms with E-state index >= 15 is 0 Å². The summed E-state index contributed by atoms with van der Waals surface area (Å²) in [4.78, 5) is 11.8. The van der Waals surface area contributed by atoms with Crippen LogP contribution in [-0.2, 0) is 4.74 Å². The standard InChI is InChI=1S/C15H22O4/c1-9(2)18-12-7-11(5)14(15(16)17-6)13(8-12)19-10(3)4/h7-10H,1-6H3. The lowest BCUT2D eigenvalue weighted by atomic mass is 10.1. The number of rotatable bonds is 5. The highest BCUT2D eigenvalue weighted by molar-refractivity contribution is 5.94. The van der Waals surface area contributed by atoms with Crippen molar-refractivity contribution in [2.75, 3.05) is 7.11 Å². The SMILES string of the molecule is COC(=O)c1c(C)cc(OC(C)C)cc1OC(C)C. The maximum absolute atomic E-state index is 11.8. The fourth-order valence-corrected chi connectivity index (χ4v) is 1.77. The van der Waals surface area contributed by atoms with Gasteiger partial charge in [0.25, 0.3) is 0 Å². The highest BCUT2D eigenvalue weighted by Crippen LogP contribution is 2.30. The zero-order chi connectivity index (χ0) is 14.6. The first-order valence-electron chi connectivity index (χ1n) is 6.41. The largest absolute Gasteiger partial charge is 0.491 e. The van der Waals surface area contributed by atoms with Gasteiger partial charge in [-0.1, -0.05) is 0 Å². The van der Waals surface area contributed by atoms with Crippen LogP contribution >= 0.6 is 0 Å². The van der Waals surface area contributed by atoms with Gasteiger partial charge < -0.3 is 14.2 Å². The first-order chi connectivity index (χ1) is 8.85. The summed E-state index contributed by atoms with van der Waals surface area (Å²) in [6.07, 6.45) is 0.0346. The number of ether oxygens (including phenoxy) is 3. The summed E-state index contributed by atoms with van der Waals surface area (Å²) in [5.74, 6) is 0.789. The predicted molar refractivity (Wildman–Crippen MR) is 74.0 cm³/mol. The molecule has 0 aromatic heterocycles. The third-order valence-electron chi connectivity index (χ3n) is 2.40.